The predicted molar refractivity (Wildman–Crippen MR) is 195 cm³/mol. The number of nitrogens with zero attached hydrogens (tertiary/aromatic N) is 4. The van der Waals surface area contributed by atoms with Gasteiger partial charge in [-0.15, -0.1) is 0 Å². The summed E-state index contributed by atoms with van der Waals surface area (Å²) in [6, 6.07) is 8.71. The van der Waals surface area contributed by atoms with Gasteiger partial charge < -0.3 is 28.1 Å². The lowest BCUT2D eigenvalue weighted by Gasteiger charge is -2.32. The van der Waals surface area contributed by atoms with E-state index in [9.17, 15) is 19.2 Å². The van der Waals surface area contributed by atoms with E-state index in [1.807, 2.05) is 0 Å². The smallest absolute Gasteiger partial charge is 0.415 e. The first-order valence-corrected chi connectivity index (χ1v) is 19.0. The molecule has 9 rings (SSSR count). The molecule has 12 nitrogen and oxygen atoms in total. The van der Waals surface area contributed by atoms with Crippen LogP contribution in [0.3, 0.4) is 0 Å². The Morgan fingerprint density at radius 2 is 1.25 bits per heavy atom. The average molecular weight is 760 g/mol. The number of fused-ring (bicyclic) bond motifs is 2. The van der Waals surface area contributed by atoms with Gasteiger partial charge in [-0.2, -0.15) is 0 Å². The fourth-order valence-electron chi connectivity index (χ4n) is 8.84. The highest BCUT2D eigenvalue weighted by atomic mass is 79.9. The summed E-state index contributed by atoms with van der Waals surface area (Å²) in [6.07, 6.45) is 7.71. The van der Waals surface area contributed by atoms with Crippen LogP contribution >= 0.6 is 15.9 Å². The van der Waals surface area contributed by atoms with Crippen molar-refractivity contribution in [1.82, 2.24) is 19.6 Å². The Hall–Kier alpha value is -4.20. The summed E-state index contributed by atoms with van der Waals surface area (Å²) in [4.78, 5) is 63.4. The highest BCUT2D eigenvalue weighted by molar-refractivity contribution is 9.10. The Balaban J connectivity index is 1.14. The van der Waals surface area contributed by atoms with Gasteiger partial charge in [0.2, 0.25) is 0 Å². The number of hydrogen-bond donors (Lipinski definition) is 0. The maximum Gasteiger partial charge on any atom is 0.415 e. The van der Waals surface area contributed by atoms with Gasteiger partial charge in [-0.1, -0.05) is 25.0 Å². The molecule has 51 heavy (non-hydrogen) atoms. The van der Waals surface area contributed by atoms with Gasteiger partial charge >= 0.3 is 23.4 Å². The lowest BCUT2D eigenvalue weighted by atomic mass is 9.97. The first kappa shape index (κ1) is 32.7. The molecule has 4 aliphatic rings. The number of benzene rings is 3. The Labute approximate surface area is 301 Å². The van der Waals surface area contributed by atoms with Gasteiger partial charge in [0, 0.05) is 58.9 Å². The molecule has 0 spiro atoms. The van der Waals surface area contributed by atoms with E-state index in [4.69, 9.17) is 18.3 Å². The van der Waals surface area contributed by atoms with E-state index < -0.39 is 23.4 Å². The summed E-state index contributed by atoms with van der Waals surface area (Å²) in [5, 5.41) is 1.31. The number of hydrogen-bond acceptors (Lipinski definition) is 10. The monoisotopic (exact) mass is 758 g/mol. The predicted octanol–water partition coefficient (Wildman–Crippen LogP) is 6.52. The molecule has 4 aliphatic heterocycles. The number of carbonyl (C=O) groups excluding carboxylic acids is 2. The van der Waals surface area contributed by atoms with Crippen molar-refractivity contribution < 1.29 is 27.9 Å². The van der Waals surface area contributed by atoms with Gasteiger partial charge in [-0.25, -0.2) is 19.2 Å². The van der Waals surface area contributed by atoms with Crippen LogP contribution in [0.1, 0.15) is 51.4 Å². The van der Waals surface area contributed by atoms with Crippen LogP contribution in [0.25, 0.3) is 43.5 Å². The Kier molecular flexibility index (Phi) is 8.39. The molecule has 0 N–H and O–H groups in total. The maximum atomic E-state index is 13.9. The molecule has 266 valence electrons. The molecule has 0 aliphatic carbocycles. The van der Waals surface area contributed by atoms with Gasteiger partial charge in [0.15, 0.2) is 11.3 Å². The summed E-state index contributed by atoms with van der Waals surface area (Å²) in [5.74, 6) is 0.103. The molecular formula is C38H39BrN4O8. The molecule has 4 fully saturated rings. The van der Waals surface area contributed by atoms with Crippen LogP contribution in [0, 0.1) is 0 Å². The van der Waals surface area contributed by atoms with E-state index in [1.54, 1.807) is 40.1 Å². The van der Waals surface area contributed by atoms with Gasteiger partial charge in [0.25, 0.3) is 0 Å². The first-order chi connectivity index (χ1) is 24.9. The van der Waals surface area contributed by atoms with Crippen molar-refractivity contribution in [1.29, 1.82) is 0 Å². The molecule has 2 amide bonds. The second kappa shape index (κ2) is 13.1. The zero-order valence-corrected chi connectivity index (χ0v) is 29.9. The average Bonchev–Trinajstić information content (AvgIpc) is 3.85. The largest absolute Gasteiger partial charge is 0.422 e. The van der Waals surface area contributed by atoms with Crippen LogP contribution in [0.15, 0.2) is 53.2 Å². The van der Waals surface area contributed by atoms with E-state index >= 15 is 0 Å². The molecular weight excluding hydrogens is 720 g/mol. The lowest BCUT2D eigenvalue weighted by Crippen LogP contribution is -2.42. The van der Waals surface area contributed by atoms with Crippen molar-refractivity contribution in [2.45, 2.75) is 63.5 Å². The summed E-state index contributed by atoms with van der Waals surface area (Å²) in [7, 11) is 0. The van der Waals surface area contributed by atoms with Crippen LogP contribution < -0.4 is 20.7 Å². The van der Waals surface area contributed by atoms with Crippen LogP contribution in [0.2, 0.25) is 0 Å². The van der Waals surface area contributed by atoms with Gasteiger partial charge in [0.1, 0.15) is 16.7 Å². The SMILES string of the molecule is O=C(Oc1c2cccc(OC(=O)N3CCC(N4CCCCC4)C3)c2c2oc(=O)c3c(Br)ccc4oc(=O)c1c2c43)N1CCC(N2CCCCC2)C1. The molecule has 4 saturated heterocycles. The Morgan fingerprint density at radius 1 is 0.647 bits per heavy atom. The van der Waals surface area contributed by atoms with Gasteiger partial charge in [-0.3, -0.25) is 9.80 Å². The lowest BCUT2D eigenvalue weighted by molar-refractivity contribution is 0.144. The van der Waals surface area contributed by atoms with Crippen molar-refractivity contribution in [3.05, 3.63) is 55.6 Å². The molecule has 13 heteroatoms. The first-order valence-electron chi connectivity index (χ1n) is 18.2. The third-order valence-electron chi connectivity index (χ3n) is 11.4. The molecule has 0 radical (unpaired) electrons. The summed E-state index contributed by atoms with van der Waals surface area (Å²) in [5.41, 5.74) is -1.17. The second-order valence-corrected chi connectivity index (χ2v) is 15.2. The van der Waals surface area contributed by atoms with Gasteiger partial charge in [0.05, 0.1) is 10.8 Å². The number of ether oxygens (including phenoxy) is 2. The third-order valence-corrected chi connectivity index (χ3v) is 12.1. The molecule has 3 aromatic carbocycles. The number of rotatable bonds is 4. The quantitative estimate of drug-likeness (QED) is 0.114. The molecule has 2 atom stereocenters. The zero-order chi connectivity index (χ0) is 34.8. The Bertz CT molecular complexity index is 2290. The zero-order valence-electron chi connectivity index (χ0n) is 28.3. The fourth-order valence-corrected chi connectivity index (χ4v) is 9.33. The number of piperidine rings is 2. The topological polar surface area (TPSA) is 126 Å². The maximum absolute atomic E-state index is 13.9. The molecule has 0 bridgehead atoms. The molecule has 0 saturated carbocycles. The minimum Gasteiger partial charge on any atom is -0.422 e. The summed E-state index contributed by atoms with van der Waals surface area (Å²) < 4.78 is 24.6. The van der Waals surface area contributed by atoms with Crippen molar-refractivity contribution >= 4 is 71.6 Å². The Morgan fingerprint density at radius 3 is 1.90 bits per heavy atom. The van der Waals surface area contributed by atoms with Crippen molar-refractivity contribution in [2.75, 3.05) is 52.4 Å². The van der Waals surface area contributed by atoms with Crippen molar-refractivity contribution in [3.8, 4) is 11.5 Å². The molecule has 6 heterocycles. The van der Waals surface area contributed by atoms with Crippen LogP contribution in [0.4, 0.5) is 9.59 Å². The highest BCUT2D eigenvalue weighted by Crippen LogP contribution is 2.46. The molecule has 2 unspecified atom stereocenters. The van der Waals surface area contributed by atoms with Gasteiger partial charge in [-0.05, 0) is 98.8 Å². The van der Waals surface area contributed by atoms with E-state index in [1.165, 1.54) is 25.7 Å². The number of carbonyl (C=O) groups is 2. The van der Waals surface area contributed by atoms with E-state index in [0.717, 1.165) is 51.9 Å². The fraction of sp³-hybridized carbons (Fsp3) is 0.474. The minimum atomic E-state index is -0.745. The van der Waals surface area contributed by atoms with Crippen LogP contribution in [-0.2, 0) is 0 Å². The summed E-state index contributed by atoms with van der Waals surface area (Å²) in [6.45, 7) is 6.30. The normalized spacial score (nSPS) is 22.2. The second-order valence-electron chi connectivity index (χ2n) is 14.4. The molecule has 2 aromatic heterocycles. The summed E-state index contributed by atoms with van der Waals surface area (Å²) >= 11 is 3.47. The van der Waals surface area contributed by atoms with Crippen LogP contribution in [-0.4, -0.2) is 96.2 Å². The molecule has 5 aromatic rings. The van der Waals surface area contributed by atoms with Crippen molar-refractivity contribution in [2.24, 2.45) is 0 Å². The third kappa shape index (κ3) is 5.64. The number of halogens is 1. The highest BCUT2D eigenvalue weighted by Gasteiger charge is 2.35. The minimum absolute atomic E-state index is 0.0237. The van der Waals surface area contributed by atoms with E-state index in [2.05, 4.69) is 25.7 Å². The standard InChI is InChI=1S/C38H39BrN4O8/c39-25-10-11-27-30-29(25)35(44)50-34-28-24(8-7-9-26(28)49-37(46)42-18-12-22(20-42)40-14-3-1-4-15-40)33(32(31(30)34)36(45)48-27)51-38(47)43-19-13-23(21-43)41-16-5-2-6-17-41/h7-11,22-23H,1-6,12-21H2. The number of likely N-dealkylation sites (tertiary alicyclic amines) is 4. The van der Waals surface area contributed by atoms with Crippen molar-refractivity contribution in [3.63, 3.8) is 0 Å². The van der Waals surface area contributed by atoms with E-state index in [-0.39, 0.29) is 61.7 Å². The van der Waals surface area contributed by atoms with Crippen LogP contribution in [0.5, 0.6) is 11.5 Å². The number of amides is 2. The van der Waals surface area contributed by atoms with E-state index in [0.29, 0.717) is 36.0 Å².